The van der Waals surface area contributed by atoms with Crippen molar-refractivity contribution in [1.82, 2.24) is 5.32 Å². The van der Waals surface area contributed by atoms with Crippen molar-refractivity contribution in [2.75, 3.05) is 20.3 Å². The summed E-state index contributed by atoms with van der Waals surface area (Å²) in [5.74, 6) is 1.82. The van der Waals surface area contributed by atoms with E-state index in [9.17, 15) is 4.79 Å². The molecule has 0 atom stereocenters. The molecular formula is C26H31NO4. The van der Waals surface area contributed by atoms with Gasteiger partial charge in [0, 0.05) is 34.7 Å². The van der Waals surface area contributed by atoms with Crippen LogP contribution in [0.2, 0.25) is 0 Å². The first-order chi connectivity index (χ1) is 14.8. The molecule has 5 heteroatoms. The van der Waals surface area contributed by atoms with Gasteiger partial charge in [0.2, 0.25) is 5.91 Å². The first kappa shape index (κ1) is 22.5. The fraction of sp³-hybridized carbons (Fsp3) is 0.346. The number of allylic oxidation sites excluding steroid dienone is 1. The van der Waals surface area contributed by atoms with E-state index < -0.39 is 0 Å². The standard InChI is InChI=1S/C26H31NO4/c1-7-30-25-18(5)26-22(13-21(25)17(4)11-24(28)27-14-16(2)3)23(15-31-26)19-9-8-10-20(12-19)29-6/h8-13,15-16H,7,14H2,1-6H3,(H,27,28)/b17-11+. The predicted octanol–water partition coefficient (Wildman–Crippen LogP) is 5.99. The van der Waals surface area contributed by atoms with Gasteiger partial charge in [-0.3, -0.25) is 4.79 Å². The number of fused-ring (bicyclic) bond motifs is 1. The lowest BCUT2D eigenvalue weighted by Gasteiger charge is -2.15. The van der Waals surface area contributed by atoms with Gasteiger partial charge in [-0.25, -0.2) is 0 Å². The topological polar surface area (TPSA) is 60.7 Å². The maximum atomic E-state index is 12.4. The Kier molecular flexibility index (Phi) is 7.06. The van der Waals surface area contributed by atoms with Crippen molar-refractivity contribution in [1.29, 1.82) is 0 Å². The van der Waals surface area contributed by atoms with E-state index in [0.29, 0.717) is 19.1 Å². The van der Waals surface area contributed by atoms with Gasteiger partial charge in [0.05, 0.1) is 20.0 Å². The fourth-order valence-electron chi connectivity index (χ4n) is 3.58. The molecule has 1 heterocycles. The molecule has 2 aromatic carbocycles. The molecular weight excluding hydrogens is 390 g/mol. The second kappa shape index (κ2) is 9.73. The summed E-state index contributed by atoms with van der Waals surface area (Å²) in [6, 6.07) is 9.93. The van der Waals surface area contributed by atoms with Crippen molar-refractivity contribution in [3.8, 4) is 22.6 Å². The summed E-state index contributed by atoms with van der Waals surface area (Å²) >= 11 is 0. The number of amides is 1. The summed E-state index contributed by atoms with van der Waals surface area (Å²) in [6.45, 7) is 11.2. The number of hydrogen-bond acceptors (Lipinski definition) is 4. The molecule has 0 fully saturated rings. The predicted molar refractivity (Wildman–Crippen MR) is 126 cm³/mol. The van der Waals surface area contributed by atoms with Crippen molar-refractivity contribution < 1.29 is 18.7 Å². The van der Waals surface area contributed by atoms with E-state index in [4.69, 9.17) is 13.9 Å². The van der Waals surface area contributed by atoms with E-state index in [-0.39, 0.29) is 5.91 Å². The van der Waals surface area contributed by atoms with Crippen LogP contribution in [0.3, 0.4) is 0 Å². The molecule has 0 saturated heterocycles. The Morgan fingerprint density at radius 2 is 2.03 bits per heavy atom. The first-order valence-electron chi connectivity index (χ1n) is 10.6. The highest BCUT2D eigenvalue weighted by Crippen LogP contribution is 2.41. The number of hydrogen-bond donors (Lipinski definition) is 1. The van der Waals surface area contributed by atoms with Gasteiger partial charge in [0.1, 0.15) is 17.1 Å². The van der Waals surface area contributed by atoms with Crippen LogP contribution in [0.5, 0.6) is 11.5 Å². The van der Waals surface area contributed by atoms with Crippen molar-refractivity contribution in [3.05, 3.63) is 53.8 Å². The van der Waals surface area contributed by atoms with Crippen LogP contribution >= 0.6 is 0 Å². The van der Waals surface area contributed by atoms with Crippen LogP contribution in [0.25, 0.3) is 27.7 Å². The number of rotatable bonds is 8. The second-order valence-electron chi connectivity index (χ2n) is 8.04. The highest BCUT2D eigenvalue weighted by molar-refractivity contribution is 6.01. The minimum absolute atomic E-state index is 0.105. The molecule has 31 heavy (non-hydrogen) atoms. The lowest BCUT2D eigenvalue weighted by molar-refractivity contribution is -0.116. The lowest BCUT2D eigenvalue weighted by Crippen LogP contribution is -2.25. The molecule has 1 N–H and O–H groups in total. The van der Waals surface area contributed by atoms with E-state index in [1.54, 1.807) is 19.4 Å². The van der Waals surface area contributed by atoms with Crippen molar-refractivity contribution in [3.63, 3.8) is 0 Å². The number of benzene rings is 2. The van der Waals surface area contributed by atoms with E-state index in [0.717, 1.165) is 50.3 Å². The van der Waals surface area contributed by atoms with Crippen LogP contribution in [0.15, 0.2) is 47.1 Å². The molecule has 3 rings (SSSR count). The van der Waals surface area contributed by atoms with Gasteiger partial charge in [-0.1, -0.05) is 26.0 Å². The summed E-state index contributed by atoms with van der Waals surface area (Å²) in [6.07, 6.45) is 3.40. The van der Waals surface area contributed by atoms with Crippen molar-refractivity contribution >= 4 is 22.4 Å². The maximum absolute atomic E-state index is 12.4. The number of ether oxygens (including phenoxy) is 2. The molecule has 0 bridgehead atoms. The Morgan fingerprint density at radius 3 is 2.71 bits per heavy atom. The SMILES string of the molecule is CCOc1c(/C(C)=C/C(=O)NCC(C)C)cc2c(-c3cccc(OC)c3)coc2c1C. The van der Waals surface area contributed by atoms with E-state index in [1.165, 1.54) is 0 Å². The Morgan fingerprint density at radius 1 is 1.26 bits per heavy atom. The van der Waals surface area contributed by atoms with Gasteiger partial charge in [-0.15, -0.1) is 0 Å². The summed E-state index contributed by atoms with van der Waals surface area (Å²) in [5.41, 5.74) is 5.40. The molecule has 164 valence electrons. The third kappa shape index (κ3) is 4.93. The zero-order valence-electron chi connectivity index (χ0n) is 19.2. The highest BCUT2D eigenvalue weighted by atomic mass is 16.5. The Labute approximate surface area is 184 Å². The third-order valence-electron chi connectivity index (χ3n) is 5.17. The zero-order valence-corrected chi connectivity index (χ0v) is 19.2. The number of aryl methyl sites for hydroxylation is 1. The molecule has 0 saturated carbocycles. The molecule has 0 spiro atoms. The zero-order chi connectivity index (χ0) is 22.5. The molecule has 0 radical (unpaired) electrons. The average molecular weight is 422 g/mol. The fourth-order valence-corrected chi connectivity index (χ4v) is 3.58. The number of methoxy groups -OCH3 is 1. The smallest absolute Gasteiger partial charge is 0.244 e. The number of furan rings is 1. The molecule has 1 aromatic heterocycles. The van der Waals surface area contributed by atoms with Gasteiger partial charge in [0.15, 0.2) is 0 Å². The Hall–Kier alpha value is -3.21. The van der Waals surface area contributed by atoms with Crippen LogP contribution < -0.4 is 14.8 Å². The molecule has 0 unspecified atom stereocenters. The van der Waals surface area contributed by atoms with Gasteiger partial charge in [0.25, 0.3) is 0 Å². The molecule has 1 amide bonds. The van der Waals surface area contributed by atoms with Gasteiger partial charge in [-0.05, 0) is 56.0 Å². The Balaban J connectivity index is 2.13. The minimum Gasteiger partial charge on any atom is -0.497 e. The van der Waals surface area contributed by atoms with Crippen molar-refractivity contribution in [2.45, 2.75) is 34.6 Å². The van der Waals surface area contributed by atoms with E-state index in [1.807, 2.05) is 51.1 Å². The number of carbonyl (C=O) groups excluding carboxylic acids is 1. The van der Waals surface area contributed by atoms with E-state index in [2.05, 4.69) is 19.2 Å². The highest BCUT2D eigenvalue weighted by Gasteiger charge is 2.19. The van der Waals surface area contributed by atoms with Gasteiger partial charge >= 0.3 is 0 Å². The Bertz CT molecular complexity index is 1110. The molecule has 0 aliphatic heterocycles. The molecule has 0 aliphatic rings. The monoisotopic (exact) mass is 421 g/mol. The lowest BCUT2D eigenvalue weighted by atomic mass is 9.96. The van der Waals surface area contributed by atoms with Crippen molar-refractivity contribution in [2.24, 2.45) is 5.92 Å². The van der Waals surface area contributed by atoms with Gasteiger partial charge < -0.3 is 19.2 Å². The number of nitrogens with one attached hydrogen (secondary N) is 1. The second-order valence-corrected chi connectivity index (χ2v) is 8.04. The minimum atomic E-state index is -0.105. The molecule has 5 nitrogen and oxygen atoms in total. The molecule has 3 aromatic rings. The third-order valence-corrected chi connectivity index (χ3v) is 5.17. The summed E-state index contributed by atoms with van der Waals surface area (Å²) in [4.78, 5) is 12.4. The summed E-state index contributed by atoms with van der Waals surface area (Å²) in [7, 11) is 1.65. The van der Waals surface area contributed by atoms with E-state index >= 15 is 0 Å². The quantitative estimate of drug-likeness (QED) is 0.454. The normalized spacial score (nSPS) is 11.8. The van der Waals surface area contributed by atoms with Crippen LogP contribution in [0.4, 0.5) is 0 Å². The average Bonchev–Trinajstić information content (AvgIpc) is 3.18. The largest absolute Gasteiger partial charge is 0.497 e. The summed E-state index contributed by atoms with van der Waals surface area (Å²) in [5, 5.41) is 3.91. The summed E-state index contributed by atoms with van der Waals surface area (Å²) < 4.78 is 17.3. The van der Waals surface area contributed by atoms with Crippen LogP contribution in [0.1, 0.15) is 38.8 Å². The van der Waals surface area contributed by atoms with Crippen LogP contribution in [-0.2, 0) is 4.79 Å². The van der Waals surface area contributed by atoms with Crippen LogP contribution in [0, 0.1) is 12.8 Å². The molecule has 0 aliphatic carbocycles. The number of carbonyl (C=O) groups is 1. The van der Waals surface area contributed by atoms with Crippen LogP contribution in [-0.4, -0.2) is 26.2 Å². The van der Waals surface area contributed by atoms with Gasteiger partial charge in [-0.2, -0.15) is 0 Å². The first-order valence-corrected chi connectivity index (χ1v) is 10.6. The maximum Gasteiger partial charge on any atom is 0.244 e.